The van der Waals surface area contributed by atoms with Crippen LogP contribution in [0.1, 0.15) is 28.9 Å². The van der Waals surface area contributed by atoms with E-state index in [0.717, 1.165) is 5.56 Å². The summed E-state index contributed by atoms with van der Waals surface area (Å²) in [6.07, 6.45) is 3.47. The molecule has 0 aliphatic heterocycles. The van der Waals surface area contributed by atoms with Gasteiger partial charge in [-0.2, -0.15) is 0 Å². The zero-order valence-electron chi connectivity index (χ0n) is 10.6. The van der Waals surface area contributed by atoms with Gasteiger partial charge >= 0.3 is 0 Å². The number of nitrogens with zero attached hydrogens (tertiary/aromatic N) is 1. The van der Waals surface area contributed by atoms with Gasteiger partial charge < -0.3 is 16.8 Å². The molecule has 0 radical (unpaired) electrons. The maximum atomic E-state index is 11.4. The van der Waals surface area contributed by atoms with Gasteiger partial charge in [0.1, 0.15) is 0 Å². The first-order valence-electron chi connectivity index (χ1n) is 5.94. The van der Waals surface area contributed by atoms with Crippen LogP contribution in [-0.4, -0.2) is 10.9 Å². The van der Waals surface area contributed by atoms with E-state index in [9.17, 15) is 4.79 Å². The van der Waals surface area contributed by atoms with Gasteiger partial charge in [0.15, 0.2) is 0 Å². The Morgan fingerprint density at radius 2 is 2.11 bits per heavy atom. The molecular formula is C14H16N4O. The van der Waals surface area contributed by atoms with Crippen molar-refractivity contribution in [1.29, 1.82) is 0 Å². The van der Waals surface area contributed by atoms with Crippen molar-refractivity contribution in [3.8, 4) is 0 Å². The standard InChI is InChI=1S/C14H16N4O/c1-9(10-4-3-7-17-8-10)18-13-11(14(16)19)5-2-6-12(13)15/h2-9,18H,15H2,1H3,(H2,16,19). The summed E-state index contributed by atoms with van der Waals surface area (Å²) < 4.78 is 0. The van der Waals surface area contributed by atoms with Gasteiger partial charge in [0.25, 0.3) is 5.91 Å². The zero-order valence-corrected chi connectivity index (χ0v) is 10.6. The number of amides is 1. The van der Waals surface area contributed by atoms with Gasteiger partial charge in [0.2, 0.25) is 0 Å². The maximum Gasteiger partial charge on any atom is 0.250 e. The van der Waals surface area contributed by atoms with Gasteiger partial charge in [-0.3, -0.25) is 9.78 Å². The third kappa shape index (κ3) is 2.82. The van der Waals surface area contributed by atoms with Crippen LogP contribution in [0.5, 0.6) is 0 Å². The molecule has 5 nitrogen and oxygen atoms in total. The molecule has 2 rings (SSSR count). The Morgan fingerprint density at radius 3 is 2.74 bits per heavy atom. The molecule has 19 heavy (non-hydrogen) atoms. The highest BCUT2D eigenvalue weighted by atomic mass is 16.1. The lowest BCUT2D eigenvalue weighted by Crippen LogP contribution is -2.17. The Hall–Kier alpha value is -2.56. The van der Waals surface area contributed by atoms with Crippen molar-refractivity contribution in [2.75, 3.05) is 11.1 Å². The maximum absolute atomic E-state index is 11.4. The van der Waals surface area contributed by atoms with E-state index in [2.05, 4.69) is 10.3 Å². The first kappa shape index (κ1) is 12.9. The highest BCUT2D eigenvalue weighted by Crippen LogP contribution is 2.27. The van der Waals surface area contributed by atoms with Gasteiger partial charge in [0, 0.05) is 12.4 Å². The predicted octanol–water partition coefficient (Wildman–Crippen LogP) is 1.94. The fraction of sp³-hybridized carbons (Fsp3) is 0.143. The average molecular weight is 256 g/mol. The highest BCUT2D eigenvalue weighted by molar-refractivity contribution is 6.01. The fourth-order valence-electron chi connectivity index (χ4n) is 1.87. The van der Waals surface area contributed by atoms with Gasteiger partial charge in [0.05, 0.1) is 23.0 Å². The molecule has 0 aliphatic rings. The quantitative estimate of drug-likeness (QED) is 0.728. The van der Waals surface area contributed by atoms with Crippen molar-refractivity contribution in [2.45, 2.75) is 13.0 Å². The Balaban J connectivity index is 2.31. The van der Waals surface area contributed by atoms with Gasteiger partial charge in [-0.05, 0) is 30.7 Å². The Labute approximate surface area is 111 Å². The number of anilines is 2. The van der Waals surface area contributed by atoms with Crippen LogP contribution >= 0.6 is 0 Å². The number of hydrogen-bond donors (Lipinski definition) is 3. The van der Waals surface area contributed by atoms with Gasteiger partial charge in [-0.1, -0.05) is 12.1 Å². The molecule has 0 fully saturated rings. The van der Waals surface area contributed by atoms with Crippen molar-refractivity contribution >= 4 is 17.3 Å². The number of primary amides is 1. The van der Waals surface area contributed by atoms with Crippen molar-refractivity contribution < 1.29 is 4.79 Å². The van der Waals surface area contributed by atoms with E-state index in [1.54, 1.807) is 30.6 Å². The minimum Gasteiger partial charge on any atom is -0.397 e. The zero-order chi connectivity index (χ0) is 13.8. The van der Waals surface area contributed by atoms with Crippen molar-refractivity contribution in [1.82, 2.24) is 4.98 Å². The summed E-state index contributed by atoms with van der Waals surface area (Å²) in [5.74, 6) is -0.506. The molecule has 0 bridgehead atoms. The molecule has 1 aromatic carbocycles. The average Bonchev–Trinajstić information content (AvgIpc) is 2.41. The number of nitrogens with one attached hydrogen (secondary N) is 1. The van der Waals surface area contributed by atoms with E-state index in [0.29, 0.717) is 16.9 Å². The molecule has 1 aromatic heterocycles. The Kier molecular flexibility index (Phi) is 3.66. The first-order chi connectivity index (χ1) is 9.09. The molecule has 1 atom stereocenters. The third-order valence-electron chi connectivity index (χ3n) is 2.91. The monoisotopic (exact) mass is 256 g/mol. The van der Waals surface area contributed by atoms with E-state index in [1.807, 2.05) is 19.1 Å². The lowest BCUT2D eigenvalue weighted by Gasteiger charge is -2.18. The van der Waals surface area contributed by atoms with E-state index >= 15 is 0 Å². The van der Waals surface area contributed by atoms with Gasteiger partial charge in [-0.15, -0.1) is 0 Å². The van der Waals surface area contributed by atoms with E-state index in [1.165, 1.54) is 0 Å². The van der Waals surface area contributed by atoms with Crippen LogP contribution in [0, 0.1) is 0 Å². The first-order valence-corrected chi connectivity index (χ1v) is 5.94. The lowest BCUT2D eigenvalue weighted by molar-refractivity contribution is 0.100. The van der Waals surface area contributed by atoms with Crippen molar-refractivity contribution in [3.63, 3.8) is 0 Å². The molecule has 2 aromatic rings. The number of para-hydroxylation sites is 1. The van der Waals surface area contributed by atoms with E-state index in [-0.39, 0.29) is 6.04 Å². The van der Waals surface area contributed by atoms with Crippen LogP contribution in [0.3, 0.4) is 0 Å². The van der Waals surface area contributed by atoms with Crippen LogP contribution in [0.25, 0.3) is 0 Å². The number of rotatable bonds is 4. The number of nitrogens with two attached hydrogens (primary N) is 2. The summed E-state index contributed by atoms with van der Waals surface area (Å²) in [6.45, 7) is 1.97. The smallest absolute Gasteiger partial charge is 0.250 e. The summed E-state index contributed by atoms with van der Waals surface area (Å²) in [4.78, 5) is 15.5. The minimum absolute atomic E-state index is 0.0310. The second kappa shape index (κ2) is 5.39. The number of nitrogen functional groups attached to an aromatic ring is 1. The number of pyridine rings is 1. The third-order valence-corrected chi connectivity index (χ3v) is 2.91. The van der Waals surface area contributed by atoms with Crippen molar-refractivity contribution in [3.05, 3.63) is 53.9 Å². The molecule has 5 N–H and O–H groups in total. The largest absolute Gasteiger partial charge is 0.397 e. The summed E-state index contributed by atoms with van der Waals surface area (Å²) in [7, 11) is 0. The second-order valence-corrected chi connectivity index (χ2v) is 4.29. The van der Waals surface area contributed by atoms with Crippen LogP contribution in [-0.2, 0) is 0 Å². The molecule has 5 heteroatoms. The van der Waals surface area contributed by atoms with Crippen molar-refractivity contribution in [2.24, 2.45) is 5.73 Å². The normalized spacial score (nSPS) is 11.8. The summed E-state index contributed by atoms with van der Waals surface area (Å²) in [5, 5.41) is 3.21. The molecular weight excluding hydrogens is 240 g/mol. The van der Waals surface area contributed by atoms with Crippen LogP contribution in [0.15, 0.2) is 42.7 Å². The molecule has 0 spiro atoms. The lowest BCUT2D eigenvalue weighted by atomic mass is 10.1. The molecule has 1 heterocycles. The number of carbonyl (C=O) groups is 1. The number of hydrogen-bond acceptors (Lipinski definition) is 4. The molecule has 0 saturated carbocycles. The van der Waals surface area contributed by atoms with Crippen LogP contribution < -0.4 is 16.8 Å². The summed E-state index contributed by atoms with van der Waals surface area (Å²) >= 11 is 0. The molecule has 0 saturated heterocycles. The second-order valence-electron chi connectivity index (χ2n) is 4.29. The van der Waals surface area contributed by atoms with E-state index in [4.69, 9.17) is 11.5 Å². The Morgan fingerprint density at radius 1 is 1.32 bits per heavy atom. The fourth-order valence-corrected chi connectivity index (χ4v) is 1.87. The minimum atomic E-state index is -0.506. The number of benzene rings is 1. The topological polar surface area (TPSA) is 94.0 Å². The van der Waals surface area contributed by atoms with Crippen LogP contribution in [0.4, 0.5) is 11.4 Å². The SMILES string of the molecule is CC(Nc1c(N)cccc1C(N)=O)c1cccnc1. The summed E-state index contributed by atoms with van der Waals surface area (Å²) in [6, 6.07) is 8.86. The molecule has 0 aliphatic carbocycles. The molecule has 1 amide bonds. The Bertz CT molecular complexity index is 583. The predicted molar refractivity (Wildman–Crippen MR) is 75.6 cm³/mol. The molecule has 1 unspecified atom stereocenters. The van der Waals surface area contributed by atoms with Crippen LogP contribution in [0.2, 0.25) is 0 Å². The number of carbonyl (C=O) groups excluding carboxylic acids is 1. The highest BCUT2D eigenvalue weighted by Gasteiger charge is 2.14. The van der Waals surface area contributed by atoms with Gasteiger partial charge in [-0.25, -0.2) is 0 Å². The number of aromatic nitrogens is 1. The molecule has 98 valence electrons. The summed E-state index contributed by atoms with van der Waals surface area (Å²) in [5.41, 5.74) is 13.7. The van der Waals surface area contributed by atoms with E-state index < -0.39 is 5.91 Å².